The monoisotopic (exact) mass is 206 g/mol. The molecule has 0 amide bonds. The largest absolute Gasteiger partial charge is 0.285 e. The zero-order valence-corrected chi connectivity index (χ0v) is 7.76. The first-order chi connectivity index (χ1) is 4.66. The van der Waals surface area contributed by atoms with Gasteiger partial charge in [0.1, 0.15) is 23.0 Å². The summed E-state index contributed by atoms with van der Waals surface area (Å²) in [5.74, 6) is 0. The molecule has 58 valence electrons. The van der Waals surface area contributed by atoms with Crippen LogP contribution in [0.4, 0.5) is 0 Å². The van der Waals surface area contributed by atoms with Crippen molar-refractivity contribution >= 4 is 22.5 Å². The zero-order valence-electron chi connectivity index (χ0n) is 6.17. The van der Waals surface area contributed by atoms with Crippen LogP contribution in [0, 0.1) is 0 Å². The molecule has 0 heterocycles. The van der Waals surface area contributed by atoms with Crippen molar-refractivity contribution in [1.29, 1.82) is 0 Å². The molecule has 3 nitrogen and oxygen atoms in total. The smallest absolute Gasteiger partial charge is 0.148 e. The number of hydrogen-bond donors (Lipinski definition) is 0. The van der Waals surface area contributed by atoms with Gasteiger partial charge in [-0.1, -0.05) is 6.58 Å². The summed E-state index contributed by atoms with van der Waals surface area (Å²) in [7, 11) is 1.81. The highest BCUT2D eigenvalue weighted by Crippen LogP contribution is 1.90. The summed E-state index contributed by atoms with van der Waals surface area (Å²) in [6, 6.07) is 0. The van der Waals surface area contributed by atoms with E-state index < -0.39 is 0 Å². The van der Waals surface area contributed by atoms with Crippen molar-refractivity contribution in [2.75, 3.05) is 13.8 Å². The first-order valence-electron chi connectivity index (χ1n) is 2.81. The van der Waals surface area contributed by atoms with Crippen molar-refractivity contribution < 1.29 is 3.83 Å². The Hall–Kier alpha value is -0.350. The first kappa shape index (κ1) is 9.65. The Balaban J connectivity index is 3.55. The van der Waals surface area contributed by atoms with Crippen molar-refractivity contribution in [3.05, 3.63) is 12.2 Å². The van der Waals surface area contributed by atoms with Gasteiger partial charge in [0.2, 0.25) is 0 Å². The molecule has 0 aliphatic rings. The minimum Gasteiger partial charge on any atom is -0.285 e. The minimum atomic E-state index is 0.420. The summed E-state index contributed by atoms with van der Waals surface area (Å²) in [6.07, 6.45) is 1.67. The third-order valence-electron chi connectivity index (χ3n) is 0.711. The van der Waals surface area contributed by atoms with Gasteiger partial charge in [0.05, 0.1) is 0 Å². The summed E-state index contributed by atoms with van der Waals surface area (Å²) in [6.45, 7) is 5.96. The van der Waals surface area contributed by atoms with Crippen molar-refractivity contribution in [2.24, 2.45) is 5.10 Å². The summed E-state index contributed by atoms with van der Waals surface area (Å²) in [5, 5.41) is 5.61. The van der Waals surface area contributed by atoms with Crippen LogP contribution in [0.1, 0.15) is 6.92 Å². The Bertz CT molecular complexity index is 136. The maximum absolute atomic E-state index is 4.63. The van der Waals surface area contributed by atoms with E-state index in [1.54, 1.807) is 18.3 Å². The SMILES string of the molecule is C=C(C)/C=N\N(C)COBr. The molecule has 4 heteroatoms. The molecule has 0 aliphatic carbocycles. The van der Waals surface area contributed by atoms with Gasteiger partial charge in [-0.05, 0) is 12.5 Å². The van der Waals surface area contributed by atoms with Crippen LogP contribution in [0.15, 0.2) is 17.3 Å². The van der Waals surface area contributed by atoms with Crippen LogP contribution < -0.4 is 0 Å². The van der Waals surface area contributed by atoms with Gasteiger partial charge in [0, 0.05) is 13.3 Å². The second-order valence-electron chi connectivity index (χ2n) is 1.99. The van der Waals surface area contributed by atoms with Gasteiger partial charge < -0.3 is 0 Å². The third kappa shape index (κ3) is 5.78. The second-order valence-corrected chi connectivity index (χ2v) is 2.44. The van der Waals surface area contributed by atoms with Gasteiger partial charge in [-0.2, -0.15) is 5.10 Å². The molecule has 0 unspecified atom stereocenters. The normalized spacial score (nSPS) is 10.3. The Morgan fingerprint density at radius 1 is 1.90 bits per heavy atom. The van der Waals surface area contributed by atoms with E-state index in [0.29, 0.717) is 6.73 Å². The van der Waals surface area contributed by atoms with E-state index in [0.717, 1.165) is 5.57 Å². The molecule has 0 saturated carbocycles. The maximum atomic E-state index is 4.63. The molecule has 0 saturated heterocycles. The number of rotatable bonds is 4. The molecule has 0 aromatic heterocycles. The van der Waals surface area contributed by atoms with E-state index in [-0.39, 0.29) is 0 Å². The standard InChI is InChI=1S/C6H11BrN2O/c1-6(2)4-8-9(3)5-10-7/h4H,1,5H2,2-3H3/b8-4-. The van der Waals surface area contributed by atoms with Crippen molar-refractivity contribution in [1.82, 2.24) is 5.01 Å². The predicted molar refractivity (Wildman–Crippen MR) is 45.9 cm³/mol. The molecule has 0 fully saturated rings. The lowest BCUT2D eigenvalue weighted by Gasteiger charge is -2.08. The first-order valence-corrected chi connectivity index (χ1v) is 3.45. The molecule has 0 bridgehead atoms. The van der Waals surface area contributed by atoms with E-state index >= 15 is 0 Å². The van der Waals surface area contributed by atoms with Crippen molar-refractivity contribution in [2.45, 2.75) is 6.92 Å². The van der Waals surface area contributed by atoms with Gasteiger partial charge >= 0.3 is 0 Å². The van der Waals surface area contributed by atoms with E-state index in [2.05, 4.69) is 31.8 Å². The number of hydrogen-bond acceptors (Lipinski definition) is 3. The molecule has 0 aromatic carbocycles. The molecule has 0 rings (SSSR count). The van der Waals surface area contributed by atoms with E-state index in [1.165, 1.54) is 0 Å². The predicted octanol–water partition coefficient (Wildman–Crippen LogP) is 1.76. The topological polar surface area (TPSA) is 24.8 Å². The van der Waals surface area contributed by atoms with Gasteiger partial charge in [0.25, 0.3) is 0 Å². The molecule has 0 atom stereocenters. The lowest BCUT2D eigenvalue weighted by molar-refractivity contribution is 0.193. The number of hydrazone groups is 1. The second kappa shape index (κ2) is 5.44. The fourth-order valence-corrected chi connectivity index (χ4v) is 0.597. The molecule has 0 aromatic rings. The molecule has 0 N–H and O–H groups in total. The van der Waals surface area contributed by atoms with Crippen molar-refractivity contribution in [3.63, 3.8) is 0 Å². The van der Waals surface area contributed by atoms with E-state index in [1.807, 2.05) is 6.92 Å². The van der Waals surface area contributed by atoms with Crippen LogP contribution in [0.3, 0.4) is 0 Å². The van der Waals surface area contributed by atoms with Gasteiger partial charge in [0.15, 0.2) is 0 Å². The Kier molecular flexibility index (Phi) is 5.25. The van der Waals surface area contributed by atoms with Crippen LogP contribution in [0.2, 0.25) is 0 Å². The summed E-state index contributed by atoms with van der Waals surface area (Å²) in [4.78, 5) is 0. The summed E-state index contributed by atoms with van der Waals surface area (Å²) < 4.78 is 4.63. The van der Waals surface area contributed by atoms with Gasteiger partial charge in [-0.15, -0.1) is 0 Å². The van der Waals surface area contributed by atoms with Crippen molar-refractivity contribution in [3.8, 4) is 0 Å². The average molecular weight is 207 g/mol. The van der Waals surface area contributed by atoms with Crippen LogP contribution in [0.25, 0.3) is 0 Å². The number of nitrogens with zero attached hydrogens (tertiary/aromatic N) is 2. The fraction of sp³-hybridized carbons (Fsp3) is 0.500. The quantitative estimate of drug-likeness (QED) is 0.398. The summed E-state index contributed by atoms with van der Waals surface area (Å²) >= 11 is 2.82. The highest BCUT2D eigenvalue weighted by atomic mass is 79.9. The lowest BCUT2D eigenvalue weighted by Crippen LogP contribution is -2.12. The Morgan fingerprint density at radius 2 is 2.50 bits per heavy atom. The van der Waals surface area contributed by atoms with E-state index in [4.69, 9.17) is 0 Å². The molecular weight excluding hydrogens is 196 g/mol. The summed E-state index contributed by atoms with van der Waals surface area (Å²) in [5.41, 5.74) is 0.918. The highest BCUT2D eigenvalue weighted by molar-refractivity contribution is 9.06. The highest BCUT2D eigenvalue weighted by Gasteiger charge is 1.87. The average Bonchev–Trinajstić information content (AvgIpc) is 1.85. The van der Waals surface area contributed by atoms with Gasteiger partial charge in [-0.3, -0.25) is 8.84 Å². The molecule has 0 spiro atoms. The molecule has 10 heavy (non-hydrogen) atoms. The van der Waals surface area contributed by atoms with E-state index in [9.17, 15) is 0 Å². The lowest BCUT2D eigenvalue weighted by atomic mass is 10.4. The van der Waals surface area contributed by atoms with Crippen LogP contribution in [-0.4, -0.2) is 25.0 Å². The fourth-order valence-electron chi connectivity index (χ4n) is 0.301. The van der Waals surface area contributed by atoms with Crippen LogP contribution in [-0.2, 0) is 3.83 Å². The minimum absolute atomic E-state index is 0.420. The maximum Gasteiger partial charge on any atom is 0.148 e. The van der Waals surface area contributed by atoms with Gasteiger partial charge in [-0.25, -0.2) is 0 Å². The molecular formula is C6H11BrN2O. The zero-order chi connectivity index (χ0) is 7.98. The van der Waals surface area contributed by atoms with Crippen LogP contribution in [0.5, 0.6) is 0 Å². The third-order valence-corrected chi connectivity index (χ3v) is 0.916. The number of halogens is 1. The molecule has 0 radical (unpaired) electrons. The van der Waals surface area contributed by atoms with Crippen LogP contribution >= 0.6 is 16.3 Å². The Labute approximate surface area is 69.8 Å². The molecule has 0 aliphatic heterocycles. The Morgan fingerprint density at radius 3 is 2.90 bits per heavy atom. The number of allylic oxidation sites excluding steroid dienone is 1.